The SMILES string of the molecule is Br.CC1=C(c2cccc3cc(F)ccc23)N2CCN=C2S1. The molecule has 2 aromatic rings. The van der Waals surface area contributed by atoms with Gasteiger partial charge in [-0.2, -0.15) is 0 Å². The second kappa shape index (κ2) is 5.46. The average molecular weight is 365 g/mol. The van der Waals surface area contributed by atoms with Crippen LogP contribution in [-0.2, 0) is 0 Å². The van der Waals surface area contributed by atoms with Crippen molar-refractivity contribution in [2.75, 3.05) is 13.1 Å². The highest BCUT2D eigenvalue weighted by Gasteiger charge is 2.31. The number of nitrogens with zero attached hydrogens (tertiary/aromatic N) is 2. The zero-order valence-electron chi connectivity index (χ0n) is 11.5. The van der Waals surface area contributed by atoms with Crippen LogP contribution in [-0.4, -0.2) is 23.2 Å². The highest BCUT2D eigenvalue weighted by Crippen LogP contribution is 2.42. The molecule has 4 rings (SSSR count). The first-order valence-corrected chi connectivity index (χ1v) is 7.45. The Bertz CT molecular complexity index is 785. The molecular weight excluding hydrogens is 351 g/mol. The van der Waals surface area contributed by atoms with Crippen LogP contribution >= 0.6 is 28.7 Å². The lowest BCUT2D eigenvalue weighted by atomic mass is 10.0. The molecule has 0 aromatic heterocycles. The molecule has 21 heavy (non-hydrogen) atoms. The van der Waals surface area contributed by atoms with Gasteiger partial charge >= 0.3 is 0 Å². The van der Waals surface area contributed by atoms with Gasteiger partial charge in [0, 0.05) is 17.0 Å². The van der Waals surface area contributed by atoms with E-state index in [1.807, 2.05) is 18.2 Å². The largest absolute Gasteiger partial charge is 0.318 e. The molecule has 2 aliphatic heterocycles. The van der Waals surface area contributed by atoms with Gasteiger partial charge in [-0.05, 0) is 29.8 Å². The number of fused-ring (bicyclic) bond motifs is 2. The third-order valence-corrected chi connectivity index (χ3v) is 4.78. The van der Waals surface area contributed by atoms with Gasteiger partial charge in [0.1, 0.15) is 5.82 Å². The number of thioether (sulfide) groups is 1. The topological polar surface area (TPSA) is 15.6 Å². The Balaban J connectivity index is 0.00000132. The van der Waals surface area contributed by atoms with E-state index in [1.54, 1.807) is 17.8 Å². The maximum atomic E-state index is 13.4. The van der Waals surface area contributed by atoms with Crippen LogP contribution in [0, 0.1) is 5.82 Å². The normalized spacial score (nSPS) is 17.0. The van der Waals surface area contributed by atoms with Crippen molar-refractivity contribution in [3.05, 3.63) is 52.7 Å². The standard InChI is InChI=1S/C16H13FN2S.BrH/c1-10-15(19-8-7-18-16(19)20-10)14-4-2-3-11-9-12(17)5-6-13(11)14;/h2-6,9H,7-8H2,1H3;1H. The van der Waals surface area contributed by atoms with Crippen LogP contribution in [0.1, 0.15) is 12.5 Å². The van der Waals surface area contributed by atoms with E-state index >= 15 is 0 Å². The summed E-state index contributed by atoms with van der Waals surface area (Å²) >= 11 is 1.73. The number of rotatable bonds is 1. The van der Waals surface area contributed by atoms with E-state index in [9.17, 15) is 4.39 Å². The fourth-order valence-electron chi connectivity index (χ4n) is 2.89. The predicted molar refractivity (Wildman–Crippen MR) is 93.4 cm³/mol. The van der Waals surface area contributed by atoms with Gasteiger partial charge < -0.3 is 4.90 Å². The van der Waals surface area contributed by atoms with Gasteiger partial charge in [-0.3, -0.25) is 4.99 Å². The summed E-state index contributed by atoms with van der Waals surface area (Å²) in [5.41, 5.74) is 2.39. The van der Waals surface area contributed by atoms with E-state index in [0.29, 0.717) is 0 Å². The van der Waals surface area contributed by atoms with Gasteiger partial charge in [0.2, 0.25) is 0 Å². The number of hydrogen-bond donors (Lipinski definition) is 0. The molecule has 0 unspecified atom stereocenters. The van der Waals surface area contributed by atoms with Gasteiger partial charge in [0.05, 0.1) is 12.2 Å². The molecule has 0 N–H and O–H groups in total. The van der Waals surface area contributed by atoms with Crippen molar-refractivity contribution in [3.8, 4) is 0 Å². The van der Waals surface area contributed by atoms with Crippen molar-refractivity contribution in [1.29, 1.82) is 0 Å². The van der Waals surface area contributed by atoms with Crippen molar-refractivity contribution in [2.24, 2.45) is 4.99 Å². The lowest BCUT2D eigenvalue weighted by molar-refractivity contribution is 0.629. The monoisotopic (exact) mass is 364 g/mol. The van der Waals surface area contributed by atoms with Crippen LogP contribution in [0.3, 0.4) is 0 Å². The van der Waals surface area contributed by atoms with Crippen LogP contribution in [0.25, 0.3) is 16.5 Å². The minimum atomic E-state index is -0.190. The molecule has 2 aliphatic rings. The van der Waals surface area contributed by atoms with E-state index in [-0.39, 0.29) is 22.8 Å². The number of allylic oxidation sites excluding steroid dienone is 1. The van der Waals surface area contributed by atoms with E-state index in [4.69, 9.17) is 0 Å². The van der Waals surface area contributed by atoms with Crippen LogP contribution in [0.4, 0.5) is 4.39 Å². The first kappa shape index (κ1) is 14.6. The molecule has 0 amide bonds. The molecule has 0 atom stereocenters. The van der Waals surface area contributed by atoms with Crippen molar-refractivity contribution >= 4 is 50.4 Å². The van der Waals surface area contributed by atoms with E-state index in [0.717, 1.165) is 29.0 Å². The Hall–Kier alpha value is -1.33. The smallest absolute Gasteiger partial charge is 0.168 e. The molecule has 2 aromatic carbocycles. The molecular formula is C16H14BrFN2S. The van der Waals surface area contributed by atoms with Gasteiger partial charge in [0.25, 0.3) is 0 Å². The Morgan fingerprint density at radius 1 is 1.24 bits per heavy atom. The molecule has 0 fully saturated rings. The highest BCUT2D eigenvalue weighted by atomic mass is 79.9. The minimum absolute atomic E-state index is 0. The molecule has 0 saturated heterocycles. The van der Waals surface area contributed by atoms with Crippen LogP contribution in [0.5, 0.6) is 0 Å². The molecule has 2 heterocycles. The van der Waals surface area contributed by atoms with Crippen LogP contribution in [0.15, 0.2) is 46.3 Å². The second-order valence-corrected chi connectivity index (χ2v) is 6.18. The zero-order valence-corrected chi connectivity index (χ0v) is 14.0. The number of aliphatic imine (C=N–C) groups is 1. The lowest BCUT2D eigenvalue weighted by Gasteiger charge is -2.18. The van der Waals surface area contributed by atoms with Gasteiger partial charge in [-0.15, -0.1) is 17.0 Å². The summed E-state index contributed by atoms with van der Waals surface area (Å²) in [7, 11) is 0. The third-order valence-electron chi connectivity index (χ3n) is 3.75. The Labute approximate surface area is 137 Å². The summed E-state index contributed by atoms with van der Waals surface area (Å²) in [6, 6.07) is 11.1. The summed E-state index contributed by atoms with van der Waals surface area (Å²) in [6.45, 7) is 3.92. The fraction of sp³-hybridized carbons (Fsp3) is 0.188. The van der Waals surface area contributed by atoms with Crippen LogP contribution in [0.2, 0.25) is 0 Å². The summed E-state index contributed by atoms with van der Waals surface area (Å²) in [6.07, 6.45) is 0. The molecule has 0 aliphatic carbocycles. The summed E-state index contributed by atoms with van der Waals surface area (Å²) < 4.78 is 13.4. The minimum Gasteiger partial charge on any atom is -0.318 e. The third kappa shape index (κ3) is 2.28. The molecule has 0 bridgehead atoms. The summed E-state index contributed by atoms with van der Waals surface area (Å²) in [4.78, 5) is 8.06. The van der Waals surface area contributed by atoms with Crippen LogP contribution < -0.4 is 0 Å². The van der Waals surface area contributed by atoms with Gasteiger partial charge in [-0.25, -0.2) is 4.39 Å². The quantitative estimate of drug-likeness (QED) is 0.730. The maximum Gasteiger partial charge on any atom is 0.168 e. The molecule has 0 spiro atoms. The predicted octanol–water partition coefficient (Wildman–Crippen LogP) is 4.66. The van der Waals surface area contributed by atoms with E-state index in [2.05, 4.69) is 22.9 Å². The molecule has 108 valence electrons. The zero-order chi connectivity index (χ0) is 13.7. The number of amidine groups is 1. The maximum absolute atomic E-state index is 13.4. The average Bonchev–Trinajstić information content (AvgIpc) is 2.97. The van der Waals surface area contributed by atoms with E-state index < -0.39 is 0 Å². The van der Waals surface area contributed by atoms with Crippen molar-refractivity contribution < 1.29 is 4.39 Å². The van der Waals surface area contributed by atoms with Crippen molar-refractivity contribution in [3.63, 3.8) is 0 Å². The number of benzene rings is 2. The Kier molecular flexibility index (Phi) is 3.80. The van der Waals surface area contributed by atoms with Crippen molar-refractivity contribution in [1.82, 2.24) is 4.90 Å². The summed E-state index contributed by atoms with van der Waals surface area (Å²) in [5.74, 6) is -0.190. The molecule has 0 radical (unpaired) electrons. The number of halogens is 2. The van der Waals surface area contributed by atoms with Crippen molar-refractivity contribution in [2.45, 2.75) is 6.92 Å². The van der Waals surface area contributed by atoms with E-state index in [1.165, 1.54) is 22.2 Å². The molecule has 2 nitrogen and oxygen atoms in total. The molecule has 0 saturated carbocycles. The summed E-state index contributed by atoms with van der Waals surface area (Å²) in [5, 5.41) is 3.13. The second-order valence-electron chi connectivity index (χ2n) is 4.99. The number of hydrogen-bond acceptors (Lipinski definition) is 3. The Morgan fingerprint density at radius 2 is 2.10 bits per heavy atom. The first-order valence-electron chi connectivity index (χ1n) is 6.63. The fourth-order valence-corrected chi connectivity index (χ4v) is 3.93. The van der Waals surface area contributed by atoms with Gasteiger partial charge in [0.15, 0.2) is 5.17 Å². The highest BCUT2D eigenvalue weighted by molar-refractivity contribution is 8.93. The molecule has 5 heteroatoms. The Morgan fingerprint density at radius 3 is 2.95 bits per heavy atom. The van der Waals surface area contributed by atoms with Gasteiger partial charge in [-0.1, -0.05) is 36.0 Å². The first-order chi connectivity index (χ1) is 9.74. The lowest BCUT2D eigenvalue weighted by Crippen LogP contribution is -2.20.